The van der Waals surface area contributed by atoms with Crippen LogP contribution in [0.4, 0.5) is 0 Å². The number of amidine groups is 1. The highest BCUT2D eigenvalue weighted by molar-refractivity contribution is 7.99. The van der Waals surface area contributed by atoms with Crippen molar-refractivity contribution < 1.29 is 0 Å². The van der Waals surface area contributed by atoms with Crippen LogP contribution >= 0.6 is 11.8 Å². The van der Waals surface area contributed by atoms with Crippen LogP contribution in [-0.4, -0.2) is 11.6 Å². The van der Waals surface area contributed by atoms with Gasteiger partial charge in [-0.3, -0.25) is 5.41 Å². The van der Waals surface area contributed by atoms with Gasteiger partial charge >= 0.3 is 0 Å². The molecule has 1 aromatic rings. The van der Waals surface area contributed by atoms with Crippen LogP contribution in [0, 0.1) is 24.7 Å². The fourth-order valence-corrected chi connectivity index (χ4v) is 2.81. The molecule has 0 aromatic heterocycles. The summed E-state index contributed by atoms with van der Waals surface area (Å²) in [5, 5.41) is 7.53. The van der Waals surface area contributed by atoms with Crippen molar-refractivity contribution in [1.82, 2.24) is 0 Å². The lowest BCUT2D eigenvalue weighted by atomic mass is 9.89. The zero-order valence-electron chi connectivity index (χ0n) is 11.1. The van der Waals surface area contributed by atoms with Gasteiger partial charge in [0.25, 0.3) is 0 Å². The Labute approximate surface area is 108 Å². The Morgan fingerprint density at radius 1 is 1.35 bits per heavy atom. The van der Waals surface area contributed by atoms with Crippen LogP contribution in [0.1, 0.15) is 31.4 Å². The lowest BCUT2D eigenvalue weighted by Crippen LogP contribution is -2.31. The molecule has 0 heterocycles. The van der Waals surface area contributed by atoms with Crippen LogP contribution in [0.25, 0.3) is 0 Å². The smallest absolute Gasteiger partial charge is 0.0963 e. The van der Waals surface area contributed by atoms with Gasteiger partial charge in [0.2, 0.25) is 0 Å². The summed E-state index contributed by atoms with van der Waals surface area (Å²) in [6.45, 7) is 8.30. The van der Waals surface area contributed by atoms with E-state index in [2.05, 4.69) is 32.0 Å². The minimum absolute atomic E-state index is 0.190. The highest BCUT2D eigenvalue weighted by atomic mass is 32.2. The molecular weight excluding hydrogens is 228 g/mol. The summed E-state index contributed by atoms with van der Waals surface area (Å²) < 4.78 is 0. The van der Waals surface area contributed by atoms with Gasteiger partial charge < -0.3 is 5.73 Å². The number of hydrogen-bond donors (Lipinski definition) is 2. The minimum Gasteiger partial charge on any atom is -0.387 e. The Morgan fingerprint density at radius 2 is 2.00 bits per heavy atom. The molecule has 0 radical (unpaired) electrons. The second-order valence-electron chi connectivity index (χ2n) is 5.16. The SMILES string of the molecule is Cc1ccc(C)c(SCCC(C)(C)C(=N)N)c1. The molecule has 1 rings (SSSR count). The number of hydrogen-bond acceptors (Lipinski definition) is 2. The van der Waals surface area contributed by atoms with Crippen LogP contribution in [0.15, 0.2) is 23.1 Å². The molecule has 2 nitrogen and oxygen atoms in total. The topological polar surface area (TPSA) is 49.9 Å². The molecule has 94 valence electrons. The van der Waals surface area contributed by atoms with Gasteiger partial charge in [0.05, 0.1) is 5.84 Å². The van der Waals surface area contributed by atoms with E-state index in [9.17, 15) is 0 Å². The van der Waals surface area contributed by atoms with E-state index in [1.54, 1.807) is 0 Å². The predicted octanol–water partition coefficient (Wildman–Crippen LogP) is 3.75. The van der Waals surface area contributed by atoms with E-state index < -0.39 is 0 Å². The quantitative estimate of drug-likeness (QED) is 0.475. The molecule has 3 N–H and O–H groups in total. The average Bonchev–Trinajstić information content (AvgIpc) is 2.22. The Hall–Kier alpha value is -0.960. The summed E-state index contributed by atoms with van der Waals surface area (Å²) in [5.74, 6) is 1.27. The van der Waals surface area contributed by atoms with Crippen molar-refractivity contribution in [1.29, 1.82) is 5.41 Å². The summed E-state index contributed by atoms with van der Waals surface area (Å²) in [4.78, 5) is 1.34. The van der Waals surface area contributed by atoms with E-state index in [0.717, 1.165) is 12.2 Å². The third-order valence-electron chi connectivity index (χ3n) is 3.06. The average molecular weight is 250 g/mol. The number of thioether (sulfide) groups is 1. The lowest BCUT2D eigenvalue weighted by molar-refractivity contribution is 0.500. The monoisotopic (exact) mass is 250 g/mol. The van der Waals surface area contributed by atoms with Crippen molar-refractivity contribution in [3.8, 4) is 0 Å². The van der Waals surface area contributed by atoms with Crippen molar-refractivity contribution in [2.75, 3.05) is 5.75 Å². The van der Waals surface area contributed by atoms with Crippen molar-refractivity contribution in [2.45, 2.75) is 39.0 Å². The van der Waals surface area contributed by atoms with Gasteiger partial charge in [-0.25, -0.2) is 0 Å². The van der Waals surface area contributed by atoms with Gasteiger partial charge in [0.1, 0.15) is 0 Å². The summed E-state index contributed by atoms with van der Waals surface area (Å²) in [5.41, 5.74) is 8.00. The summed E-state index contributed by atoms with van der Waals surface area (Å²) in [6.07, 6.45) is 0.931. The lowest BCUT2D eigenvalue weighted by Gasteiger charge is -2.22. The molecule has 1 aromatic carbocycles. The first kappa shape index (κ1) is 14.1. The van der Waals surface area contributed by atoms with Gasteiger partial charge in [-0.1, -0.05) is 31.5 Å². The maximum absolute atomic E-state index is 7.53. The van der Waals surface area contributed by atoms with Crippen molar-refractivity contribution in [3.05, 3.63) is 29.3 Å². The zero-order valence-corrected chi connectivity index (χ0v) is 11.9. The van der Waals surface area contributed by atoms with E-state index in [1.165, 1.54) is 16.0 Å². The van der Waals surface area contributed by atoms with Crippen LogP contribution in [0.2, 0.25) is 0 Å². The molecule has 0 aliphatic rings. The molecule has 0 unspecified atom stereocenters. The molecule has 0 aliphatic carbocycles. The number of benzene rings is 1. The van der Waals surface area contributed by atoms with E-state index in [0.29, 0.717) is 0 Å². The van der Waals surface area contributed by atoms with Gasteiger partial charge in [0, 0.05) is 10.3 Å². The first-order valence-corrected chi connectivity index (χ1v) is 6.86. The highest BCUT2D eigenvalue weighted by Gasteiger charge is 2.21. The molecule has 0 atom stereocenters. The maximum Gasteiger partial charge on any atom is 0.0963 e. The Morgan fingerprint density at radius 3 is 2.59 bits per heavy atom. The Bertz CT molecular complexity index is 411. The molecule has 0 spiro atoms. The van der Waals surface area contributed by atoms with Crippen LogP contribution in [0.3, 0.4) is 0 Å². The van der Waals surface area contributed by atoms with Gasteiger partial charge in [0.15, 0.2) is 0 Å². The second kappa shape index (κ2) is 5.58. The van der Waals surface area contributed by atoms with Crippen molar-refractivity contribution in [3.63, 3.8) is 0 Å². The zero-order chi connectivity index (χ0) is 13.1. The Balaban J connectivity index is 2.57. The third-order valence-corrected chi connectivity index (χ3v) is 4.22. The molecule has 0 saturated heterocycles. The first-order chi connectivity index (χ1) is 7.83. The molecule has 0 amide bonds. The van der Waals surface area contributed by atoms with E-state index >= 15 is 0 Å². The van der Waals surface area contributed by atoms with E-state index in [1.807, 2.05) is 25.6 Å². The second-order valence-corrected chi connectivity index (χ2v) is 6.30. The van der Waals surface area contributed by atoms with Crippen LogP contribution in [0.5, 0.6) is 0 Å². The molecule has 0 fully saturated rings. The normalized spacial score (nSPS) is 11.5. The summed E-state index contributed by atoms with van der Waals surface area (Å²) in [7, 11) is 0. The predicted molar refractivity (Wildman–Crippen MR) is 77.0 cm³/mol. The molecule has 17 heavy (non-hydrogen) atoms. The van der Waals surface area contributed by atoms with Crippen molar-refractivity contribution >= 4 is 17.6 Å². The number of nitrogens with one attached hydrogen (secondary N) is 1. The number of aryl methyl sites for hydroxylation is 2. The number of nitrogens with two attached hydrogens (primary N) is 1. The standard InChI is InChI=1S/C14H22N2S/c1-10-5-6-11(2)12(9-10)17-8-7-14(3,4)13(15)16/h5-6,9H,7-8H2,1-4H3,(H3,15,16). The van der Waals surface area contributed by atoms with E-state index in [-0.39, 0.29) is 11.3 Å². The van der Waals surface area contributed by atoms with Crippen LogP contribution in [-0.2, 0) is 0 Å². The molecular formula is C14H22N2S. The Kier molecular flexibility index (Phi) is 4.63. The van der Waals surface area contributed by atoms with Crippen LogP contribution < -0.4 is 5.73 Å². The highest BCUT2D eigenvalue weighted by Crippen LogP contribution is 2.28. The fraction of sp³-hybridized carbons (Fsp3) is 0.500. The first-order valence-electron chi connectivity index (χ1n) is 5.87. The van der Waals surface area contributed by atoms with Gasteiger partial charge in [-0.2, -0.15) is 0 Å². The summed E-state index contributed by atoms with van der Waals surface area (Å²) >= 11 is 1.85. The molecule has 3 heteroatoms. The maximum atomic E-state index is 7.53. The minimum atomic E-state index is -0.190. The van der Waals surface area contributed by atoms with Gasteiger partial charge in [-0.05, 0) is 37.7 Å². The van der Waals surface area contributed by atoms with Crippen molar-refractivity contribution in [2.24, 2.45) is 11.1 Å². The number of rotatable bonds is 5. The third kappa shape index (κ3) is 4.08. The molecule has 0 aliphatic heterocycles. The fourth-order valence-electron chi connectivity index (χ4n) is 1.41. The van der Waals surface area contributed by atoms with E-state index in [4.69, 9.17) is 11.1 Å². The van der Waals surface area contributed by atoms with Gasteiger partial charge in [-0.15, -0.1) is 11.8 Å². The summed E-state index contributed by atoms with van der Waals surface area (Å²) in [6, 6.07) is 6.52. The molecule has 0 bridgehead atoms. The largest absolute Gasteiger partial charge is 0.387 e. The molecule has 0 saturated carbocycles.